The number of hydrogen-bond acceptors (Lipinski definition) is 3. The van der Waals surface area contributed by atoms with E-state index in [9.17, 15) is 10.1 Å². The standard InChI is InChI=1S/C9H11ClN2O2.ClH/c1-7(6-12(13)14)11-9-4-2-8(10)3-5-9;/h2-5,7,11H,6H2,1H3;1H. The van der Waals surface area contributed by atoms with Gasteiger partial charge in [-0.1, -0.05) is 11.6 Å². The molecule has 0 saturated carbocycles. The highest BCUT2D eigenvalue weighted by atomic mass is 35.5. The van der Waals surface area contributed by atoms with E-state index in [2.05, 4.69) is 5.32 Å². The maximum atomic E-state index is 10.2. The Kier molecular flexibility index (Phi) is 6.05. The van der Waals surface area contributed by atoms with Gasteiger partial charge in [0.1, 0.15) is 0 Å². The second kappa shape index (κ2) is 6.48. The lowest BCUT2D eigenvalue weighted by Gasteiger charge is -2.10. The number of nitrogens with one attached hydrogen (secondary N) is 1. The summed E-state index contributed by atoms with van der Waals surface area (Å²) in [6, 6.07) is 6.87. The lowest BCUT2D eigenvalue weighted by atomic mass is 10.2. The molecule has 1 unspecified atom stereocenters. The molecule has 1 aromatic carbocycles. The van der Waals surface area contributed by atoms with Gasteiger partial charge in [-0.15, -0.1) is 12.4 Å². The van der Waals surface area contributed by atoms with Crippen LogP contribution in [0.2, 0.25) is 5.02 Å². The molecule has 1 atom stereocenters. The molecule has 84 valence electrons. The first-order chi connectivity index (χ1) is 6.58. The maximum Gasteiger partial charge on any atom is 0.223 e. The van der Waals surface area contributed by atoms with Crippen molar-refractivity contribution in [1.29, 1.82) is 0 Å². The van der Waals surface area contributed by atoms with E-state index < -0.39 is 0 Å². The number of nitro groups is 1. The lowest BCUT2D eigenvalue weighted by Crippen LogP contribution is -2.24. The van der Waals surface area contributed by atoms with Crippen molar-refractivity contribution < 1.29 is 4.92 Å². The highest BCUT2D eigenvalue weighted by Gasteiger charge is 2.08. The summed E-state index contributed by atoms with van der Waals surface area (Å²) >= 11 is 5.70. The lowest BCUT2D eigenvalue weighted by molar-refractivity contribution is -0.481. The summed E-state index contributed by atoms with van der Waals surface area (Å²) < 4.78 is 0. The van der Waals surface area contributed by atoms with Gasteiger partial charge < -0.3 is 5.32 Å². The summed E-state index contributed by atoms with van der Waals surface area (Å²) in [6.45, 7) is 1.67. The van der Waals surface area contributed by atoms with Crippen molar-refractivity contribution in [3.8, 4) is 0 Å². The average molecular weight is 251 g/mol. The number of benzene rings is 1. The van der Waals surface area contributed by atoms with Crippen LogP contribution in [0.3, 0.4) is 0 Å². The summed E-state index contributed by atoms with van der Waals surface area (Å²) in [5.74, 6) is 0. The number of hydrogen-bond donors (Lipinski definition) is 1. The summed E-state index contributed by atoms with van der Waals surface area (Å²) in [5, 5.41) is 13.8. The van der Waals surface area contributed by atoms with Gasteiger partial charge in [0, 0.05) is 15.6 Å². The number of anilines is 1. The molecule has 0 bridgehead atoms. The zero-order valence-electron chi connectivity index (χ0n) is 8.14. The zero-order valence-corrected chi connectivity index (χ0v) is 9.72. The minimum absolute atomic E-state index is 0. The van der Waals surface area contributed by atoms with Gasteiger partial charge in [-0.3, -0.25) is 10.1 Å². The smallest absolute Gasteiger partial charge is 0.223 e. The molecule has 0 heterocycles. The number of nitrogens with zero attached hydrogens (tertiary/aromatic N) is 1. The van der Waals surface area contributed by atoms with Crippen LogP contribution in [0, 0.1) is 10.1 Å². The van der Waals surface area contributed by atoms with Gasteiger partial charge >= 0.3 is 0 Å². The van der Waals surface area contributed by atoms with Gasteiger partial charge in [-0.05, 0) is 31.2 Å². The Labute approximate surface area is 99.2 Å². The fourth-order valence-electron chi connectivity index (χ4n) is 1.10. The van der Waals surface area contributed by atoms with Crippen LogP contribution in [-0.2, 0) is 0 Å². The van der Waals surface area contributed by atoms with Crippen LogP contribution in [0.5, 0.6) is 0 Å². The second-order valence-corrected chi connectivity index (χ2v) is 3.50. The first-order valence-corrected chi connectivity index (χ1v) is 4.59. The van der Waals surface area contributed by atoms with Gasteiger partial charge in [-0.25, -0.2) is 0 Å². The molecule has 0 radical (unpaired) electrons. The molecule has 0 amide bonds. The Morgan fingerprint density at radius 1 is 1.47 bits per heavy atom. The van der Waals surface area contributed by atoms with Crippen molar-refractivity contribution in [2.24, 2.45) is 0 Å². The van der Waals surface area contributed by atoms with E-state index >= 15 is 0 Å². The average Bonchev–Trinajstić information content (AvgIpc) is 2.07. The maximum absolute atomic E-state index is 10.2. The van der Waals surface area contributed by atoms with Gasteiger partial charge in [0.25, 0.3) is 0 Å². The van der Waals surface area contributed by atoms with Crippen molar-refractivity contribution in [1.82, 2.24) is 0 Å². The molecule has 0 saturated heterocycles. The third-order valence-electron chi connectivity index (χ3n) is 1.68. The fourth-order valence-corrected chi connectivity index (χ4v) is 1.23. The molecule has 1 N–H and O–H groups in total. The number of rotatable bonds is 4. The Morgan fingerprint density at radius 2 is 2.00 bits per heavy atom. The molecule has 15 heavy (non-hydrogen) atoms. The predicted molar refractivity (Wildman–Crippen MR) is 63.6 cm³/mol. The minimum atomic E-state index is -0.340. The molecular formula is C9H12Cl2N2O2. The van der Waals surface area contributed by atoms with E-state index in [1.165, 1.54) is 0 Å². The van der Waals surface area contributed by atoms with Crippen molar-refractivity contribution in [2.45, 2.75) is 13.0 Å². The number of halogens is 2. The van der Waals surface area contributed by atoms with Crippen molar-refractivity contribution in [3.63, 3.8) is 0 Å². The topological polar surface area (TPSA) is 55.2 Å². The summed E-state index contributed by atoms with van der Waals surface area (Å²) in [6.07, 6.45) is 0. The van der Waals surface area contributed by atoms with Crippen LogP contribution >= 0.6 is 24.0 Å². The van der Waals surface area contributed by atoms with Gasteiger partial charge in [-0.2, -0.15) is 0 Å². The van der Waals surface area contributed by atoms with E-state index in [0.29, 0.717) is 5.02 Å². The summed E-state index contributed by atoms with van der Waals surface area (Å²) in [7, 11) is 0. The van der Waals surface area contributed by atoms with E-state index in [1.54, 1.807) is 31.2 Å². The normalized spacial score (nSPS) is 11.3. The SMILES string of the molecule is CC(C[N+](=O)[O-])Nc1ccc(Cl)cc1.Cl. The summed E-state index contributed by atoms with van der Waals surface area (Å²) in [5.41, 5.74) is 0.837. The third-order valence-corrected chi connectivity index (χ3v) is 1.93. The molecular weight excluding hydrogens is 239 g/mol. The van der Waals surface area contributed by atoms with Crippen LogP contribution in [0.4, 0.5) is 5.69 Å². The minimum Gasteiger partial charge on any atom is -0.376 e. The zero-order chi connectivity index (χ0) is 10.6. The predicted octanol–water partition coefficient (Wildman–Crippen LogP) is 2.84. The fraction of sp³-hybridized carbons (Fsp3) is 0.333. The van der Waals surface area contributed by atoms with E-state index in [1.807, 2.05) is 0 Å². The van der Waals surface area contributed by atoms with Crippen molar-refractivity contribution in [2.75, 3.05) is 11.9 Å². The van der Waals surface area contributed by atoms with Crippen LogP contribution in [0.25, 0.3) is 0 Å². The largest absolute Gasteiger partial charge is 0.376 e. The van der Waals surface area contributed by atoms with Gasteiger partial charge in [0.05, 0.1) is 6.04 Å². The molecule has 0 aliphatic rings. The quantitative estimate of drug-likeness (QED) is 0.661. The first-order valence-electron chi connectivity index (χ1n) is 4.22. The molecule has 4 nitrogen and oxygen atoms in total. The van der Waals surface area contributed by atoms with Crippen LogP contribution < -0.4 is 5.32 Å². The second-order valence-electron chi connectivity index (χ2n) is 3.07. The molecule has 0 fully saturated rings. The van der Waals surface area contributed by atoms with E-state index in [4.69, 9.17) is 11.6 Å². The Bertz CT molecular complexity index is 316. The molecule has 6 heteroatoms. The monoisotopic (exact) mass is 250 g/mol. The van der Waals surface area contributed by atoms with Crippen molar-refractivity contribution in [3.05, 3.63) is 39.4 Å². The first kappa shape index (κ1) is 14.0. The third kappa shape index (κ3) is 5.44. The molecule has 0 aliphatic carbocycles. The van der Waals surface area contributed by atoms with Crippen LogP contribution in [0.15, 0.2) is 24.3 Å². The highest BCUT2D eigenvalue weighted by Crippen LogP contribution is 2.14. The van der Waals surface area contributed by atoms with E-state index in [-0.39, 0.29) is 29.9 Å². The van der Waals surface area contributed by atoms with Gasteiger partial charge in [0.15, 0.2) is 0 Å². The molecule has 1 rings (SSSR count). The van der Waals surface area contributed by atoms with Crippen molar-refractivity contribution >= 4 is 29.7 Å². The molecule has 0 aliphatic heterocycles. The van der Waals surface area contributed by atoms with E-state index in [0.717, 1.165) is 5.69 Å². The molecule has 0 spiro atoms. The Hall–Kier alpha value is -1.000. The molecule has 0 aromatic heterocycles. The van der Waals surface area contributed by atoms with Crippen LogP contribution in [-0.4, -0.2) is 17.5 Å². The summed E-state index contributed by atoms with van der Waals surface area (Å²) in [4.78, 5) is 9.86. The Morgan fingerprint density at radius 3 is 2.47 bits per heavy atom. The highest BCUT2D eigenvalue weighted by molar-refractivity contribution is 6.30. The van der Waals surface area contributed by atoms with Gasteiger partial charge in [0.2, 0.25) is 6.54 Å². The molecule has 1 aromatic rings. The van der Waals surface area contributed by atoms with Crippen LogP contribution in [0.1, 0.15) is 6.92 Å². The Balaban J connectivity index is 0.00000196.